The number of likely N-dealkylation sites (tertiary alicyclic amines) is 1. The number of carbonyl (C=O) groups excluding carboxylic acids is 2. The maximum absolute atomic E-state index is 13.3. The molecule has 3 aromatic rings. The molecule has 0 saturated carbocycles. The van der Waals surface area contributed by atoms with Crippen molar-refractivity contribution < 1.29 is 27.2 Å². The fraction of sp³-hybridized carbons (Fsp3) is 0.357. The lowest BCUT2D eigenvalue weighted by Crippen LogP contribution is -2.48. The van der Waals surface area contributed by atoms with Gasteiger partial charge in [0, 0.05) is 31.7 Å². The zero-order valence-corrected chi connectivity index (χ0v) is 20.3. The van der Waals surface area contributed by atoms with E-state index in [4.69, 9.17) is 4.42 Å². The van der Waals surface area contributed by atoms with Crippen molar-refractivity contribution in [1.29, 1.82) is 0 Å². The van der Waals surface area contributed by atoms with E-state index in [1.165, 1.54) is 18.4 Å². The van der Waals surface area contributed by atoms with Gasteiger partial charge >= 0.3 is 6.18 Å². The number of hydrogen-bond donors (Lipinski definition) is 0. The molecule has 4 rings (SSSR count). The van der Waals surface area contributed by atoms with Crippen molar-refractivity contribution in [3.63, 3.8) is 0 Å². The number of nitrogens with zero attached hydrogens (tertiary/aromatic N) is 2. The molecule has 1 saturated heterocycles. The van der Waals surface area contributed by atoms with Crippen LogP contribution in [0.3, 0.4) is 0 Å². The summed E-state index contributed by atoms with van der Waals surface area (Å²) in [6.45, 7) is 2.58. The van der Waals surface area contributed by atoms with Crippen molar-refractivity contribution in [1.82, 2.24) is 9.80 Å². The minimum absolute atomic E-state index is 0.0341. The van der Waals surface area contributed by atoms with Gasteiger partial charge in [0.1, 0.15) is 5.76 Å². The van der Waals surface area contributed by atoms with Gasteiger partial charge in [-0.25, -0.2) is 0 Å². The highest BCUT2D eigenvalue weighted by Crippen LogP contribution is 2.31. The summed E-state index contributed by atoms with van der Waals surface area (Å²) in [5, 5.41) is 0. The van der Waals surface area contributed by atoms with Crippen LogP contribution < -0.4 is 0 Å². The normalized spacial score (nSPS) is 15.5. The second kappa shape index (κ2) is 10.6. The Morgan fingerprint density at radius 1 is 1.06 bits per heavy atom. The fourth-order valence-electron chi connectivity index (χ4n) is 4.92. The standard InChI is InChI=1S/C28H29F3N2O3/c1-19-24(13-16-36-19)27(35)32(2)25(17-20-7-4-3-5-8-20)21-11-14-33(15-12-21)26(34)22-9-6-10-23(18-22)28(29,30)31/h3-10,13,16,18,21,25H,11-12,14-15,17H2,1-2H3/t25-/m0/s1. The molecule has 0 bridgehead atoms. The number of aryl methyl sites for hydroxylation is 1. The Morgan fingerprint density at radius 3 is 2.36 bits per heavy atom. The van der Waals surface area contributed by atoms with Gasteiger partial charge in [0.05, 0.1) is 17.4 Å². The lowest BCUT2D eigenvalue weighted by molar-refractivity contribution is -0.137. The Kier molecular flexibility index (Phi) is 7.52. The van der Waals surface area contributed by atoms with Gasteiger partial charge < -0.3 is 14.2 Å². The van der Waals surface area contributed by atoms with Crippen LogP contribution in [0.1, 0.15) is 50.4 Å². The fourth-order valence-corrected chi connectivity index (χ4v) is 4.92. The zero-order valence-electron chi connectivity index (χ0n) is 20.3. The maximum Gasteiger partial charge on any atom is 0.416 e. The van der Waals surface area contributed by atoms with Gasteiger partial charge in [0.15, 0.2) is 0 Å². The van der Waals surface area contributed by atoms with Gasteiger partial charge in [-0.05, 0) is 61.9 Å². The largest absolute Gasteiger partial charge is 0.469 e. The third-order valence-electron chi connectivity index (χ3n) is 7.00. The van der Waals surface area contributed by atoms with E-state index in [1.54, 1.807) is 29.8 Å². The molecular weight excluding hydrogens is 469 g/mol. The number of hydrogen-bond acceptors (Lipinski definition) is 3. The first-order valence-corrected chi connectivity index (χ1v) is 12.0. The average Bonchev–Trinajstić information content (AvgIpc) is 3.32. The molecule has 0 aliphatic carbocycles. The predicted octanol–water partition coefficient (Wildman–Crippen LogP) is 5.84. The molecule has 0 N–H and O–H groups in total. The number of rotatable bonds is 6. The van der Waals surface area contributed by atoms with E-state index in [9.17, 15) is 22.8 Å². The van der Waals surface area contributed by atoms with E-state index in [0.29, 0.717) is 43.7 Å². The smallest absolute Gasteiger partial charge is 0.416 e. The molecule has 1 aliphatic rings. The molecule has 5 nitrogen and oxygen atoms in total. The van der Waals surface area contributed by atoms with Gasteiger partial charge in [-0.15, -0.1) is 0 Å². The number of likely N-dealkylation sites (N-methyl/N-ethyl adjacent to an activating group) is 1. The lowest BCUT2D eigenvalue weighted by Gasteiger charge is -2.40. The molecular formula is C28H29F3N2O3. The molecule has 2 amide bonds. The lowest BCUT2D eigenvalue weighted by atomic mass is 9.84. The molecule has 0 spiro atoms. The van der Waals surface area contributed by atoms with Gasteiger partial charge in [-0.1, -0.05) is 36.4 Å². The highest BCUT2D eigenvalue weighted by molar-refractivity contribution is 5.95. The number of carbonyl (C=O) groups is 2. The second-order valence-corrected chi connectivity index (χ2v) is 9.27. The van der Waals surface area contributed by atoms with Crippen molar-refractivity contribution >= 4 is 11.8 Å². The molecule has 1 aliphatic heterocycles. The first-order valence-electron chi connectivity index (χ1n) is 12.0. The van der Waals surface area contributed by atoms with E-state index in [2.05, 4.69) is 0 Å². The van der Waals surface area contributed by atoms with Crippen LogP contribution in [0.2, 0.25) is 0 Å². The van der Waals surface area contributed by atoms with E-state index >= 15 is 0 Å². The zero-order chi connectivity index (χ0) is 25.9. The summed E-state index contributed by atoms with van der Waals surface area (Å²) in [6, 6.07) is 16.0. The summed E-state index contributed by atoms with van der Waals surface area (Å²) in [6.07, 6.45) is -1.06. The summed E-state index contributed by atoms with van der Waals surface area (Å²) in [5.41, 5.74) is 0.828. The molecule has 2 aromatic carbocycles. The van der Waals surface area contributed by atoms with Crippen LogP contribution in [0.5, 0.6) is 0 Å². The molecule has 8 heteroatoms. The molecule has 2 heterocycles. The topological polar surface area (TPSA) is 53.8 Å². The van der Waals surface area contributed by atoms with Crippen LogP contribution in [0.4, 0.5) is 13.2 Å². The third kappa shape index (κ3) is 5.64. The summed E-state index contributed by atoms with van der Waals surface area (Å²) in [5.74, 6) is 0.158. The molecule has 0 radical (unpaired) electrons. The van der Waals surface area contributed by atoms with Crippen LogP contribution in [0.15, 0.2) is 71.3 Å². The average molecular weight is 499 g/mol. The summed E-state index contributed by atoms with van der Waals surface area (Å²) in [4.78, 5) is 29.6. The van der Waals surface area contributed by atoms with E-state index < -0.39 is 17.6 Å². The van der Waals surface area contributed by atoms with Crippen molar-refractivity contribution in [2.24, 2.45) is 5.92 Å². The monoisotopic (exact) mass is 498 g/mol. The Balaban J connectivity index is 1.49. The Labute approximate surface area is 208 Å². The molecule has 36 heavy (non-hydrogen) atoms. The highest BCUT2D eigenvalue weighted by atomic mass is 19.4. The Morgan fingerprint density at radius 2 is 1.75 bits per heavy atom. The Bertz CT molecular complexity index is 1200. The van der Waals surface area contributed by atoms with Crippen LogP contribution in [0, 0.1) is 12.8 Å². The van der Waals surface area contributed by atoms with Crippen molar-refractivity contribution in [2.45, 2.75) is 38.4 Å². The predicted molar refractivity (Wildman–Crippen MR) is 130 cm³/mol. The van der Waals surface area contributed by atoms with Crippen molar-refractivity contribution in [3.05, 3.63) is 94.9 Å². The summed E-state index contributed by atoms with van der Waals surface area (Å²) in [7, 11) is 1.79. The number of amides is 2. The molecule has 0 unspecified atom stereocenters. The van der Waals surface area contributed by atoms with E-state index in [0.717, 1.165) is 17.7 Å². The van der Waals surface area contributed by atoms with Crippen molar-refractivity contribution in [2.75, 3.05) is 20.1 Å². The minimum atomic E-state index is -4.50. The van der Waals surface area contributed by atoms with Crippen LogP contribution >= 0.6 is 0 Å². The maximum atomic E-state index is 13.3. The molecule has 1 fully saturated rings. The second-order valence-electron chi connectivity index (χ2n) is 9.27. The van der Waals surface area contributed by atoms with E-state index in [1.807, 2.05) is 30.3 Å². The first-order chi connectivity index (χ1) is 17.1. The summed E-state index contributed by atoms with van der Waals surface area (Å²) >= 11 is 0. The van der Waals surface area contributed by atoms with Gasteiger partial charge in [0.25, 0.3) is 11.8 Å². The minimum Gasteiger partial charge on any atom is -0.469 e. The molecule has 1 aromatic heterocycles. The van der Waals surface area contributed by atoms with Crippen LogP contribution in [0.25, 0.3) is 0 Å². The number of benzene rings is 2. The third-order valence-corrected chi connectivity index (χ3v) is 7.00. The van der Waals surface area contributed by atoms with Crippen molar-refractivity contribution in [3.8, 4) is 0 Å². The Hall–Kier alpha value is -3.55. The number of alkyl halides is 3. The molecule has 1 atom stereocenters. The number of piperidine rings is 1. The molecule has 190 valence electrons. The number of furan rings is 1. The van der Waals surface area contributed by atoms with Gasteiger partial charge in [0.2, 0.25) is 0 Å². The quantitative estimate of drug-likeness (QED) is 0.429. The first kappa shape index (κ1) is 25.5. The van der Waals surface area contributed by atoms with Crippen LogP contribution in [-0.2, 0) is 12.6 Å². The summed E-state index contributed by atoms with van der Waals surface area (Å²) < 4.78 is 44.6. The SMILES string of the molecule is Cc1occc1C(=O)N(C)[C@@H](Cc1ccccc1)C1CCN(C(=O)c2cccc(C(F)(F)F)c2)CC1. The number of halogens is 3. The highest BCUT2D eigenvalue weighted by Gasteiger charge is 2.35. The van der Waals surface area contributed by atoms with E-state index in [-0.39, 0.29) is 23.4 Å². The van der Waals surface area contributed by atoms with Crippen LogP contribution in [-0.4, -0.2) is 47.8 Å². The van der Waals surface area contributed by atoms with Gasteiger partial charge in [-0.2, -0.15) is 13.2 Å². The van der Waals surface area contributed by atoms with Gasteiger partial charge in [-0.3, -0.25) is 9.59 Å².